The average Bonchev–Trinajstić information content (AvgIpc) is 3.15. The minimum atomic E-state index is -1.05. The summed E-state index contributed by atoms with van der Waals surface area (Å²) >= 11 is 0. The van der Waals surface area contributed by atoms with E-state index in [2.05, 4.69) is 5.32 Å². The van der Waals surface area contributed by atoms with Gasteiger partial charge < -0.3 is 10.4 Å². The van der Waals surface area contributed by atoms with E-state index in [1.54, 1.807) is 6.92 Å². The predicted molar refractivity (Wildman–Crippen MR) is 67.4 cm³/mol. The lowest BCUT2D eigenvalue weighted by atomic mass is 10.1. The third-order valence-corrected chi connectivity index (χ3v) is 3.31. The molecule has 2 rings (SSSR count). The Kier molecular flexibility index (Phi) is 3.83. The number of hydrogen-bond donors (Lipinski definition) is 2. The number of carbonyl (C=O) groups is 2. The maximum absolute atomic E-state index is 13.1. The van der Waals surface area contributed by atoms with Gasteiger partial charge in [0.2, 0.25) is 0 Å². The van der Waals surface area contributed by atoms with E-state index >= 15 is 0 Å². The van der Waals surface area contributed by atoms with E-state index in [1.165, 1.54) is 12.1 Å². The molecule has 0 bridgehead atoms. The number of carboxylic acid groups (broad SMARTS) is 1. The summed E-state index contributed by atoms with van der Waals surface area (Å²) in [6.07, 6.45) is 2.47. The summed E-state index contributed by atoms with van der Waals surface area (Å²) < 4.78 is 13.1. The third-order valence-electron chi connectivity index (χ3n) is 3.31. The Morgan fingerprint density at radius 3 is 2.74 bits per heavy atom. The van der Waals surface area contributed by atoms with E-state index < -0.39 is 23.7 Å². The number of hydrogen-bond acceptors (Lipinski definition) is 2. The lowest BCUT2D eigenvalue weighted by Gasteiger charge is -2.15. The van der Waals surface area contributed by atoms with Crippen molar-refractivity contribution in [1.29, 1.82) is 0 Å². The maximum Gasteiger partial charge on any atom is 0.326 e. The fraction of sp³-hybridized carbons (Fsp3) is 0.429. The first-order valence-corrected chi connectivity index (χ1v) is 6.27. The van der Waals surface area contributed by atoms with E-state index in [9.17, 15) is 14.0 Å². The molecule has 1 fully saturated rings. The summed E-state index contributed by atoms with van der Waals surface area (Å²) in [4.78, 5) is 23.1. The molecule has 1 atom stereocenters. The highest BCUT2D eigenvalue weighted by Gasteiger charge is 2.30. The van der Waals surface area contributed by atoms with Crippen molar-refractivity contribution in [3.05, 3.63) is 35.1 Å². The molecule has 4 nitrogen and oxygen atoms in total. The van der Waals surface area contributed by atoms with E-state index in [1.807, 2.05) is 0 Å². The highest BCUT2D eigenvalue weighted by atomic mass is 19.1. The summed E-state index contributed by atoms with van der Waals surface area (Å²) in [5.74, 6) is -1.71. The Morgan fingerprint density at radius 2 is 2.16 bits per heavy atom. The maximum atomic E-state index is 13.1. The fourth-order valence-corrected chi connectivity index (χ4v) is 1.98. The highest BCUT2D eigenvalue weighted by Crippen LogP contribution is 2.33. The van der Waals surface area contributed by atoms with Crippen molar-refractivity contribution in [1.82, 2.24) is 5.32 Å². The first-order valence-electron chi connectivity index (χ1n) is 6.27. The fourth-order valence-electron chi connectivity index (χ4n) is 1.98. The van der Waals surface area contributed by atoms with Crippen molar-refractivity contribution < 1.29 is 19.1 Å². The number of carbonyl (C=O) groups excluding carboxylic acids is 1. The number of halogens is 1. The van der Waals surface area contributed by atoms with Crippen LogP contribution >= 0.6 is 0 Å². The van der Waals surface area contributed by atoms with Crippen LogP contribution in [0, 0.1) is 18.7 Å². The molecule has 0 aromatic heterocycles. The summed E-state index contributed by atoms with van der Waals surface area (Å²) in [6, 6.07) is 3.00. The number of benzene rings is 1. The molecule has 5 heteroatoms. The van der Waals surface area contributed by atoms with Crippen LogP contribution in [0.1, 0.15) is 35.2 Å². The van der Waals surface area contributed by atoms with Crippen LogP contribution in [-0.2, 0) is 4.79 Å². The van der Waals surface area contributed by atoms with Crippen LogP contribution in [0.4, 0.5) is 4.39 Å². The zero-order chi connectivity index (χ0) is 14.0. The van der Waals surface area contributed by atoms with Gasteiger partial charge in [0.25, 0.3) is 5.91 Å². The molecule has 1 aromatic carbocycles. The second-order valence-electron chi connectivity index (χ2n) is 5.00. The molecule has 0 saturated heterocycles. The first kappa shape index (κ1) is 13.5. The highest BCUT2D eigenvalue weighted by molar-refractivity contribution is 5.97. The molecule has 1 amide bonds. The van der Waals surface area contributed by atoms with Crippen LogP contribution in [0.15, 0.2) is 18.2 Å². The zero-order valence-corrected chi connectivity index (χ0v) is 10.6. The normalized spacial score (nSPS) is 15.9. The summed E-state index contributed by atoms with van der Waals surface area (Å²) in [7, 11) is 0. The second-order valence-corrected chi connectivity index (χ2v) is 5.00. The minimum absolute atomic E-state index is 0.182. The lowest BCUT2D eigenvalue weighted by Crippen LogP contribution is -2.41. The van der Waals surface area contributed by atoms with Gasteiger partial charge in [0.05, 0.1) is 0 Å². The van der Waals surface area contributed by atoms with Crippen LogP contribution in [0.3, 0.4) is 0 Å². The number of rotatable bonds is 5. The average molecular weight is 265 g/mol. The van der Waals surface area contributed by atoms with Crippen molar-refractivity contribution in [3.8, 4) is 0 Å². The summed E-state index contributed by atoms with van der Waals surface area (Å²) in [5.41, 5.74) is 0.802. The predicted octanol–water partition coefficient (Wildman–Crippen LogP) is 2.12. The topological polar surface area (TPSA) is 66.4 Å². The van der Waals surface area contributed by atoms with Crippen LogP contribution < -0.4 is 5.32 Å². The second kappa shape index (κ2) is 5.38. The van der Waals surface area contributed by atoms with Gasteiger partial charge in [0.1, 0.15) is 11.9 Å². The third kappa shape index (κ3) is 3.53. The molecular formula is C14H16FNO3. The number of nitrogens with one attached hydrogen (secondary N) is 1. The Morgan fingerprint density at radius 1 is 1.47 bits per heavy atom. The van der Waals surface area contributed by atoms with E-state index in [0.29, 0.717) is 17.9 Å². The summed E-state index contributed by atoms with van der Waals surface area (Å²) in [6.45, 7) is 1.69. The molecule has 2 N–H and O–H groups in total. The molecule has 1 aliphatic rings. The van der Waals surface area contributed by atoms with Crippen LogP contribution in [0.2, 0.25) is 0 Å². The van der Waals surface area contributed by atoms with Gasteiger partial charge in [-0.05, 0) is 37.0 Å². The SMILES string of the molecule is Cc1ccc(F)cc1C(=O)N[C@@H](CC1CC1)C(=O)O. The molecule has 0 aliphatic heterocycles. The lowest BCUT2D eigenvalue weighted by molar-refractivity contribution is -0.139. The van der Waals surface area contributed by atoms with Crippen LogP contribution in [0.25, 0.3) is 0 Å². The van der Waals surface area contributed by atoms with Gasteiger partial charge >= 0.3 is 5.97 Å². The molecule has 0 radical (unpaired) electrons. The van der Waals surface area contributed by atoms with Crippen LogP contribution in [-0.4, -0.2) is 23.0 Å². The molecule has 0 heterocycles. The number of carboxylic acids is 1. The zero-order valence-electron chi connectivity index (χ0n) is 10.6. The van der Waals surface area contributed by atoms with Crippen molar-refractivity contribution in [2.75, 3.05) is 0 Å². The van der Waals surface area contributed by atoms with Gasteiger partial charge in [-0.3, -0.25) is 4.79 Å². The molecule has 0 spiro atoms. The number of aliphatic carboxylic acids is 1. The molecule has 0 unspecified atom stereocenters. The molecule has 1 aliphatic carbocycles. The van der Waals surface area contributed by atoms with Crippen molar-refractivity contribution in [2.45, 2.75) is 32.2 Å². The Labute approximate surface area is 110 Å². The van der Waals surface area contributed by atoms with Crippen molar-refractivity contribution in [3.63, 3.8) is 0 Å². The van der Waals surface area contributed by atoms with Gasteiger partial charge in [-0.2, -0.15) is 0 Å². The smallest absolute Gasteiger partial charge is 0.326 e. The molecule has 19 heavy (non-hydrogen) atoms. The largest absolute Gasteiger partial charge is 0.480 e. The monoisotopic (exact) mass is 265 g/mol. The van der Waals surface area contributed by atoms with Gasteiger partial charge in [0, 0.05) is 5.56 Å². The quantitative estimate of drug-likeness (QED) is 0.857. The number of aryl methyl sites for hydroxylation is 1. The molecule has 1 aromatic rings. The Balaban J connectivity index is 2.09. The van der Waals surface area contributed by atoms with E-state index in [0.717, 1.165) is 18.9 Å². The van der Waals surface area contributed by atoms with Gasteiger partial charge in [-0.15, -0.1) is 0 Å². The van der Waals surface area contributed by atoms with Crippen LogP contribution in [0.5, 0.6) is 0 Å². The minimum Gasteiger partial charge on any atom is -0.480 e. The van der Waals surface area contributed by atoms with Gasteiger partial charge in [0.15, 0.2) is 0 Å². The number of amides is 1. The molecule has 102 valence electrons. The molecular weight excluding hydrogens is 249 g/mol. The van der Waals surface area contributed by atoms with E-state index in [-0.39, 0.29) is 5.56 Å². The van der Waals surface area contributed by atoms with Gasteiger partial charge in [-0.25, -0.2) is 9.18 Å². The first-order chi connectivity index (χ1) is 8.97. The Bertz CT molecular complexity index is 511. The molecule has 1 saturated carbocycles. The standard InChI is InChI=1S/C14H16FNO3/c1-8-2-5-10(15)7-11(8)13(17)16-12(14(18)19)6-9-3-4-9/h2,5,7,9,12H,3-4,6H2,1H3,(H,16,17)(H,18,19)/t12-/m0/s1. The van der Waals surface area contributed by atoms with Crippen molar-refractivity contribution >= 4 is 11.9 Å². The van der Waals surface area contributed by atoms with Crippen molar-refractivity contribution in [2.24, 2.45) is 5.92 Å². The van der Waals surface area contributed by atoms with Gasteiger partial charge in [-0.1, -0.05) is 18.9 Å². The summed E-state index contributed by atoms with van der Waals surface area (Å²) in [5, 5.41) is 11.5. The Hall–Kier alpha value is -1.91. The van der Waals surface area contributed by atoms with E-state index in [4.69, 9.17) is 5.11 Å².